The maximum Gasteiger partial charge on any atom is 0.159 e. The van der Waals surface area contributed by atoms with Gasteiger partial charge in [0.05, 0.1) is 5.75 Å². The summed E-state index contributed by atoms with van der Waals surface area (Å²) in [7, 11) is -2.92. The molecule has 4 nitrogen and oxygen atoms in total. The first kappa shape index (κ1) is 11.0. The Kier molecular flexibility index (Phi) is 2.87. The highest BCUT2D eigenvalue weighted by Crippen LogP contribution is 2.11. The van der Waals surface area contributed by atoms with Gasteiger partial charge in [0, 0.05) is 24.0 Å². The van der Waals surface area contributed by atoms with Gasteiger partial charge in [0.2, 0.25) is 0 Å². The van der Waals surface area contributed by atoms with E-state index in [0.717, 1.165) is 10.9 Å². The quantitative estimate of drug-likeness (QED) is 0.804. The number of nitrogens with zero attached hydrogens (tertiary/aromatic N) is 2. The molecule has 0 saturated heterocycles. The third-order valence-electron chi connectivity index (χ3n) is 2.27. The zero-order valence-electron chi connectivity index (χ0n) is 8.92. The number of rotatable bonds is 3. The summed E-state index contributed by atoms with van der Waals surface area (Å²) in [6, 6.07) is 5.68. The van der Waals surface area contributed by atoms with Crippen molar-refractivity contribution in [3.63, 3.8) is 0 Å². The summed E-state index contributed by atoms with van der Waals surface area (Å²) in [5.41, 5.74) is 1.61. The third-order valence-corrected chi connectivity index (χ3v) is 3.22. The summed E-state index contributed by atoms with van der Waals surface area (Å²) in [5, 5.41) is 0.938. The van der Waals surface area contributed by atoms with E-state index in [9.17, 15) is 8.42 Å². The summed E-state index contributed by atoms with van der Waals surface area (Å²) < 4.78 is 22.1. The zero-order chi connectivity index (χ0) is 11.6. The molecule has 5 heteroatoms. The van der Waals surface area contributed by atoms with Crippen molar-refractivity contribution in [1.29, 1.82) is 0 Å². The topological polar surface area (TPSA) is 59.9 Å². The zero-order valence-corrected chi connectivity index (χ0v) is 9.74. The maximum absolute atomic E-state index is 11.0. The van der Waals surface area contributed by atoms with Crippen molar-refractivity contribution in [2.45, 2.75) is 6.42 Å². The SMILES string of the molecule is CS(=O)(=O)CCc1cnc2ncccc2c1. The van der Waals surface area contributed by atoms with Gasteiger partial charge < -0.3 is 0 Å². The molecule has 0 N–H and O–H groups in total. The van der Waals surface area contributed by atoms with E-state index in [-0.39, 0.29) is 5.75 Å². The Bertz CT molecular complexity index is 608. The largest absolute Gasteiger partial charge is 0.237 e. The molecule has 0 saturated carbocycles. The van der Waals surface area contributed by atoms with Gasteiger partial charge in [0.25, 0.3) is 0 Å². The minimum atomic E-state index is -2.92. The Morgan fingerprint density at radius 3 is 2.88 bits per heavy atom. The van der Waals surface area contributed by atoms with Crippen molar-refractivity contribution in [1.82, 2.24) is 9.97 Å². The van der Waals surface area contributed by atoms with Gasteiger partial charge in [-0.15, -0.1) is 0 Å². The van der Waals surface area contributed by atoms with Crippen LogP contribution in [0.2, 0.25) is 0 Å². The molecule has 0 spiro atoms. The van der Waals surface area contributed by atoms with Crippen LogP contribution >= 0.6 is 0 Å². The lowest BCUT2D eigenvalue weighted by molar-refractivity contribution is 0.601. The second kappa shape index (κ2) is 4.17. The molecular formula is C11H12N2O2S. The van der Waals surface area contributed by atoms with Crippen molar-refractivity contribution < 1.29 is 8.42 Å². The van der Waals surface area contributed by atoms with E-state index in [1.807, 2.05) is 18.2 Å². The van der Waals surface area contributed by atoms with E-state index < -0.39 is 9.84 Å². The van der Waals surface area contributed by atoms with Crippen LogP contribution in [0.15, 0.2) is 30.6 Å². The summed E-state index contributed by atoms with van der Waals surface area (Å²) in [4.78, 5) is 8.28. The number of hydrogen-bond donors (Lipinski definition) is 0. The van der Waals surface area contributed by atoms with E-state index in [0.29, 0.717) is 12.1 Å². The summed E-state index contributed by atoms with van der Waals surface area (Å²) in [6.07, 6.45) is 5.10. The molecule has 0 fully saturated rings. The smallest absolute Gasteiger partial charge is 0.159 e. The van der Waals surface area contributed by atoms with Crippen LogP contribution in [0.1, 0.15) is 5.56 Å². The van der Waals surface area contributed by atoms with Crippen molar-refractivity contribution in [3.8, 4) is 0 Å². The minimum absolute atomic E-state index is 0.153. The van der Waals surface area contributed by atoms with Crippen LogP contribution in [0.5, 0.6) is 0 Å². The summed E-state index contributed by atoms with van der Waals surface area (Å²) >= 11 is 0. The molecule has 0 aliphatic carbocycles. The maximum atomic E-state index is 11.0. The van der Waals surface area contributed by atoms with Crippen molar-refractivity contribution in [2.24, 2.45) is 0 Å². The molecule has 2 rings (SSSR count). The molecule has 0 atom stereocenters. The predicted octanol–water partition coefficient (Wildman–Crippen LogP) is 1.22. The van der Waals surface area contributed by atoms with Gasteiger partial charge in [-0.2, -0.15) is 0 Å². The van der Waals surface area contributed by atoms with Crippen LogP contribution in [0, 0.1) is 0 Å². The minimum Gasteiger partial charge on any atom is -0.237 e. The van der Waals surface area contributed by atoms with Crippen LogP contribution in [0.25, 0.3) is 11.0 Å². The van der Waals surface area contributed by atoms with Crippen LogP contribution in [-0.4, -0.2) is 30.4 Å². The number of aryl methyl sites for hydroxylation is 1. The van der Waals surface area contributed by atoms with Gasteiger partial charge in [-0.3, -0.25) is 0 Å². The van der Waals surface area contributed by atoms with E-state index in [2.05, 4.69) is 9.97 Å². The van der Waals surface area contributed by atoms with Crippen molar-refractivity contribution >= 4 is 20.9 Å². The number of aromatic nitrogens is 2. The normalized spacial score (nSPS) is 11.8. The lowest BCUT2D eigenvalue weighted by atomic mass is 10.2. The van der Waals surface area contributed by atoms with Crippen LogP contribution < -0.4 is 0 Å². The Labute approximate surface area is 94.3 Å². The predicted molar refractivity (Wildman–Crippen MR) is 63.0 cm³/mol. The number of sulfone groups is 1. The third kappa shape index (κ3) is 2.76. The molecule has 0 aliphatic rings. The van der Waals surface area contributed by atoms with E-state index in [1.165, 1.54) is 6.26 Å². The Morgan fingerprint density at radius 1 is 1.31 bits per heavy atom. The molecule has 0 aromatic carbocycles. The second-order valence-electron chi connectivity index (χ2n) is 3.77. The average Bonchev–Trinajstić information content (AvgIpc) is 2.25. The molecule has 2 aromatic heterocycles. The van der Waals surface area contributed by atoms with Crippen molar-refractivity contribution in [2.75, 3.05) is 12.0 Å². The molecule has 0 unspecified atom stereocenters. The van der Waals surface area contributed by atoms with Gasteiger partial charge >= 0.3 is 0 Å². The second-order valence-corrected chi connectivity index (χ2v) is 6.03. The molecule has 0 amide bonds. The van der Waals surface area contributed by atoms with E-state index in [1.54, 1.807) is 12.4 Å². The van der Waals surface area contributed by atoms with Crippen LogP contribution in [-0.2, 0) is 16.3 Å². The Hall–Kier alpha value is -1.49. The standard InChI is InChI=1S/C11H12N2O2S/c1-16(14,15)6-4-9-7-10-3-2-5-12-11(10)13-8-9/h2-3,5,7-8H,4,6H2,1H3. The molecule has 0 radical (unpaired) electrons. The molecule has 0 bridgehead atoms. The molecular weight excluding hydrogens is 224 g/mol. The first-order chi connectivity index (χ1) is 7.54. The highest BCUT2D eigenvalue weighted by Gasteiger charge is 2.04. The van der Waals surface area contributed by atoms with Gasteiger partial charge in [-0.05, 0) is 30.2 Å². The lowest BCUT2D eigenvalue weighted by Gasteiger charge is -2.01. The fourth-order valence-electron chi connectivity index (χ4n) is 1.45. The Balaban J connectivity index is 2.26. The Morgan fingerprint density at radius 2 is 2.12 bits per heavy atom. The monoisotopic (exact) mass is 236 g/mol. The van der Waals surface area contributed by atoms with Gasteiger partial charge in [-0.25, -0.2) is 18.4 Å². The molecule has 2 aromatic rings. The average molecular weight is 236 g/mol. The molecule has 16 heavy (non-hydrogen) atoms. The van der Waals surface area contributed by atoms with Crippen LogP contribution in [0.4, 0.5) is 0 Å². The number of hydrogen-bond acceptors (Lipinski definition) is 4. The molecule has 0 aliphatic heterocycles. The fraction of sp³-hybridized carbons (Fsp3) is 0.273. The van der Waals surface area contributed by atoms with Crippen molar-refractivity contribution in [3.05, 3.63) is 36.2 Å². The first-order valence-corrected chi connectivity index (χ1v) is 6.98. The van der Waals surface area contributed by atoms with Crippen LogP contribution in [0.3, 0.4) is 0 Å². The van der Waals surface area contributed by atoms with Gasteiger partial charge in [-0.1, -0.05) is 0 Å². The summed E-state index contributed by atoms with van der Waals surface area (Å²) in [6.45, 7) is 0. The van der Waals surface area contributed by atoms with E-state index >= 15 is 0 Å². The highest BCUT2D eigenvalue weighted by molar-refractivity contribution is 7.90. The van der Waals surface area contributed by atoms with Gasteiger partial charge in [0.15, 0.2) is 5.65 Å². The van der Waals surface area contributed by atoms with Gasteiger partial charge in [0.1, 0.15) is 9.84 Å². The van der Waals surface area contributed by atoms with E-state index in [4.69, 9.17) is 0 Å². The summed E-state index contributed by atoms with van der Waals surface area (Å²) in [5.74, 6) is 0.153. The highest BCUT2D eigenvalue weighted by atomic mass is 32.2. The lowest BCUT2D eigenvalue weighted by Crippen LogP contribution is -2.06. The number of fused-ring (bicyclic) bond motifs is 1. The fourth-order valence-corrected chi connectivity index (χ4v) is 2.06. The molecule has 84 valence electrons. The molecule has 2 heterocycles. The number of pyridine rings is 2. The first-order valence-electron chi connectivity index (χ1n) is 4.92.